The minimum absolute atomic E-state index is 0.0344. The number of nitrogens with zero attached hydrogens (tertiary/aromatic N) is 4. The number of hydrogen-bond donors (Lipinski definition) is 1. The van der Waals surface area contributed by atoms with Gasteiger partial charge in [0.05, 0.1) is 23.4 Å². The molecule has 1 amide bonds. The van der Waals surface area contributed by atoms with Crippen LogP contribution < -0.4 is 10.1 Å². The normalized spacial score (nSPS) is 15.2. The molecule has 1 N–H and O–H groups in total. The zero-order valence-corrected chi connectivity index (χ0v) is 19.4. The molecular weight excluding hydrogens is 430 g/mol. The summed E-state index contributed by atoms with van der Waals surface area (Å²) in [5.41, 5.74) is 0.855. The Morgan fingerprint density at radius 3 is 2.74 bits per heavy atom. The highest BCUT2D eigenvalue weighted by Gasteiger charge is 2.22. The number of rotatable bonds is 8. The summed E-state index contributed by atoms with van der Waals surface area (Å²) in [5.74, 6) is 1.81. The lowest BCUT2D eigenvalue weighted by atomic mass is 10.1. The maximum Gasteiger partial charge on any atom is 0.230 e. The summed E-state index contributed by atoms with van der Waals surface area (Å²) < 4.78 is 7.55. The van der Waals surface area contributed by atoms with Gasteiger partial charge in [-0.05, 0) is 43.0 Å². The third kappa shape index (κ3) is 5.11. The highest BCUT2D eigenvalue weighted by atomic mass is 32.2. The SMILES string of the molecule is CCN1CCC(NC(=O)CSc2nnc(-c3cccs3)n2-c2ccccc2OC)CC1. The van der Waals surface area contributed by atoms with Crippen molar-refractivity contribution in [3.05, 3.63) is 41.8 Å². The van der Waals surface area contributed by atoms with Crippen molar-refractivity contribution >= 4 is 29.0 Å². The van der Waals surface area contributed by atoms with Gasteiger partial charge in [0.1, 0.15) is 5.75 Å². The summed E-state index contributed by atoms with van der Waals surface area (Å²) in [4.78, 5) is 16.0. The predicted molar refractivity (Wildman–Crippen MR) is 125 cm³/mol. The van der Waals surface area contributed by atoms with Crippen LogP contribution in [0, 0.1) is 0 Å². The number of amides is 1. The highest BCUT2D eigenvalue weighted by Crippen LogP contribution is 2.34. The van der Waals surface area contributed by atoms with Crippen LogP contribution in [0.2, 0.25) is 0 Å². The van der Waals surface area contributed by atoms with Gasteiger partial charge in [-0.25, -0.2) is 0 Å². The number of piperidine rings is 1. The molecule has 3 heterocycles. The van der Waals surface area contributed by atoms with Crippen LogP contribution in [-0.4, -0.2) is 64.1 Å². The molecule has 4 rings (SSSR count). The first-order valence-electron chi connectivity index (χ1n) is 10.5. The number of aromatic nitrogens is 3. The number of carbonyl (C=O) groups is 1. The maximum atomic E-state index is 12.6. The first-order valence-corrected chi connectivity index (χ1v) is 12.3. The molecule has 1 fully saturated rings. The molecule has 9 heteroatoms. The lowest BCUT2D eigenvalue weighted by Crippen LogP contribution is -2.45. The van der Waals surface area contributed by atoms with Gasteiger partial charge in [-0.1, -0.05) is 36.9 Å². The first kappa shape index (κ1) is 21.9. The number of para-hydroxylation sites is 2. The standard InChI is InChI=1S/C22H27N5O2S2/c1-3-26-12-10-16(11-13-26)23-20(28)15-31-22-25-24-21(19-9-6-14-30-19)27(22)17-7-4-5-8-18(17)29-2/h4-9,14,16H,3,10-13,15H2,1-2H3,(H,23,28). The molecule has 0 spiro atoms. The molecule has 2 aromatic heterocycles. The number of thiophene rings is 1. The van der Waals surface area contributed by atoms with Crippen molar-refractivity contribution in [3.8, 4) is 22.1 Å². The average Bonchev–Trinajstić information content (AvgIpc) is 3.48. The number of ether oxygens (including phenoxy) is 1. The molecule has 1 aliphatic rings. The summed E-state index contributed by atoms with van der Waals surface area (Å²) in [7, 11) is 1.65. The Morgan fingerprint density at radius 1 is 1.23 bits per heavy atom. The Hall–Kier alpha value is -2.36. The Morgan fingerprint density at radius 2 is 2.03 bits per heavy atom. The molecule has 7 nitrogen and oxygen atoms in total. The van der Waals surface area contributed by atoms with Crippen molar-refractivity contribution in [1.82, 2.24) is 25.0 Å². The molecule has 0 unspecified atom stereocenters. The number of methoxy groups -OCH3 is 1. The van der Waals surface area contributed by atoms with Crippen molar-refractivity contribution in [3.63, 3.8) is 0 Å². The molecule has 1 aliphatic heterocycles. The van der Waals surface area contributed by atoms with E-state index in [2.05, 4.69) is 27.3 Å². The number of likely N-dealkylation sites (tertiary alicyclic amines) is 1. The molecule has 0 atom stereocenters. The Balaban J connectivity index is 1.50. The Labute approximate surface area is 190 Å². The Kier molecular flexibility index (Phi) is 7.26. The van der Waals surface area contributed by atoms with Crippen molar-refractivity contribution in [1.29, 1.82) is 0 Å². The molecule has 3 aromatic rings. The Bertz CT molecular complexity index is 997. The monoisotopic (exact) mass is 457 g/mol. The molecule has 31 heavy (non-hydrogen) atoms. The van der Waals surface area contributed by atoms with E-state index in [1.807, 2.05) is 46.3 Å². The van der Waals surface area contributed by atoms with Crippen molar-refractivity contribution in [2.45, 2.75) is 31.0 Å². The number of hydrogen-bond acceptors (Lipinski definition) is 7. The van der Waals surface area contributed by atoms with Crippen molar-refractivity contribution < 1.29 is 9.53 Å². The fourth-order valence-corrected chi connectivity index (χ4v) is 5.21. The lowest BCUT2D eigenvalue weighted by Gasteiger charge is -2.31. The average molecular weight is 458 g/mol. The number of carbonyl (C=O) groups excluding carboxylic acids is 1. The summed E-state index contributed by atoms with van der Waals surface area (Å²) in [6.07, 6.45) is 2.01. The van der Waals surface area contributed by atoms with Crippen LogP contribution in [0.25, 0.3) is 16.4 Å². The van der Waals surface area contributed by atoms with Crippen LogP contribution in [0.3, 0.4) is 0 Å². The van der Waals surface area contributed by atoms with Gasteiger partial charge in [-0.3, -0.25) is 9.36 Å². The molecule has 164 valence electrons. The second-order valence-electron chi connectivity index (χ2n) is 7.36. The summed E-state index contributed by atoms with van der Waals surface area (Å²) in [6, 6.07) is 12.0. The summed E-state index contributed by atoms with van der Waals surface area (Å²) in [6.45, 7) is 5.33. The van der Waals surface area contributed by atoms with E-state index >= 15 is 0 Å². The largest absolute Gasteiger partial charge is 0.495 e. The number of benzene rings is 1. The maximum absolute atomic E-state index is 12.6. The van der Waals surface area contributed by atoms with Crippen LogP contribution in [0.15, 0.2) is 46.9 Å². The first-order chi connectivity index (χ1) is 15.2. The van der Waals surface area contributed by atoms with E-state index in [1.54, 1.807) is 18.4 Å². The van der Waals surface area contributed by atoms with Gasteiger partial charge in [0.15, 0.2) is 11.0 Å². The molecule has 0 bridgehead atoms. The molecule has 1 aromatic carbocycles. The van der Waals surface area contributed by atoms with E-state index in [4.69, 9.17) is 4.74 Å². The second kappa shape index (κ2) is 10.3. The van der Waals surface area contributed by atoms with E-state index in [0.717, 1.165) is 54.6 Å². The minimum Gasteiger partial charge on any atom is -0.495 e. The van der Waals surface area contributed by atoms with Crippen molar-refractivity contribution in [2.75, 3.05) is 32.5 Å². The molecule has 0 radical (unpaired) electrons. The summed E-state index contributed by atoms with van der Waals surface area (Å²) in [5, 5.41) is 14.7. The van der Waals surface area contributed by atoms with Gasteiger partial charge < -0.3 is 15.0 Å². The molecule has 0 aliphatic carbocycles. The zero-order valence-electron chi connectivity index (χ0n) is 17.8. The van der Waals surface area contributed by atoms with E-state index in [0.29, 0.717) is 10.9 Å². The van der Waals surface area contributed by atoms with E-state index in [-0.39, 0.29) is 11.9 Å². The van der Waals surface area contributed by atoms with Crippen LogP contribution >= 0.6 is 23.1 Å². The quantitative estimate of drug-likeness (QED) is 0.520. The van der Waals surface area contributed by atoms with Crippen LogP contribution in [0.4, 0.5) is 0 Å². The van der Waals surface area contributed by atoms with Gasteiger partial charge in [0, 0.05) is 19.1 Å². The molecular formula is C22H27N5O2S2. The third-order valence-corrected chi connectivity index (χ3v) is 7.23. The van der Waals surface area contributed by atoms with Crippen LogP contribution in [0.5, 0.6) is 5.75 Å². The van der Waals surface area contributed by atoms with Gasteiger partial charge in [0.2, 0.25) is 5.91 Å². The van der Waals surface area contributed by atoms with Crippen LogP contribution in [0.1, 0.15) is 19.8 Å². The highest BCUT2D eigenvalue weighted by molar-refractivity contribution is 7.99. The molecule has 0 saturated carbocycles. The summed E-state index contributed by atoms with van der Waals surface area (Å²) >= 11 is 3.00. The fraction of sp³-hybridized carbons (Fsp3) is 0.409. The van der Waals surface area contributed by atoms with E-state index < -0.39 is 0 Å². The topological polar surface area (TPSA) is 72.3 Å². The smallest absolute Gasteiger partial charge is 0.230 e. The zero-order chi connectivity index (χ0) is 21.6. The minimum atomic E-state index is 0.0344. The van der Waals surface area contributed by atoms with Crippen LogP contribution in [-0.2, 0) is 4.79 Å². The van der Waals surface area contributed by atoms with E-state index in [9.17, 15) is 4.79 Å². The van der Waals surface area contributed by atoms with Gasteiger partial charge in [-0.2, -0.15) is 0 Å². The fourth-order valence-electron chi connectivity index (χ4n) is 3.75. The third-order valence-electron chi connectivity index (χ3n) is 5.43. The van der Waals surface area contributed by atoms with Gasteiger partial charge in [-0.15, -0.1) is 21.5 Å². The second-order valence-corrected chi connectivity index (χ2v) is 9.25. The predicted octanol–water partition coefficient (Wildman–Crippen LogP) is 3.70. The number of thioether (sulfide) groups is 1. The molecule has 1 saturated heterocycles. The van der Waals surface area contributed by atoms with E-state index in [1.165, 1.54) is 11.8 Å². The lowest BCUT2D eigenvalue weighted by molar-refractivity contribution is -0.119. The number of nitrogens with one attached hydrogen (secondary N) is 1. The van der Waals surface area contributed by atoms with Crippen molar-refractivity contribution in [2.24, 2.45) is 0 Å². The van der Waals surface area contributed by atoms with Gasteiger partial charge >= 0.3 is 0 Å². The van der Waals surface area contributed by atoms with Gasteiger partial charge in [0.25, 0.3) is 0 Å².